The van der Waals surface area contributed by atoms with E-state index in [9.17, 15) is 0 Å². The average molecular weight is 299 g/mol. The maximum atomic E-state index is 5.92. The lowest BCUT2D eigenvalue weighted by molar-refractivity contribution is 0.267. The highest BCUT2D eigenvalue weighted by Crippen LogP contribution is 2.30. The van der Waals surface area contributed by atoms with E-state index in [0.717, 1.165) is 32.9 Å². The second-order valence-corrected chi connectivity index (χ2v) is 5.49. The van der Waals surface area contributed by atoms with E-state index in [1.54, 1.807) is 11.8 Å². The molecule has 0 radical (unpaired) electrons. The molecule has 1 heterocycles. The Kier molecular flexibility index (Phi) is 4.18. The first kappa shape index (κ1) is 14.0. The van der Waals surface area contributed by atoms with Gasteiger partial charge < -0.3 is 14.9 Å². The minimum Gasteiger partial charge on any atom is -0.484 e. The summed E-state index contributed by atoms with van der Waals surface area (Å²) >= 11 is 1.67. The van der Waals surface area contributed by atoms with Crippen molar-refractivity contribution in [3.8, 4) is 5.75 Å². The standard InChI is InChI=1S/C17H17NO2S/c1-21-17-9-5-4-8-15(17)19-11-16-13(10-18)12-6-2-3-7-14(12)20-16/h2-9H,10-11,18H2,1H3. The van der Waals surface area contributed by atoms with E-state index in [1.807, 2.05) is 54.8 Å². The lowest BCUT2D eigenvalue weighted by Gasteiger charge is -2.09. The predicted molar refractivity (Wildman–Crippen MR) is 86.7 cm³/mol. The number of fused-ring (bicyclic) bond motifs is 1. The largest absolute Gasteiger partial charge is 0.484 e. The van der Waals surface area contributed by atoms with Crippen LogP contribution in [-0.4, -0.2) is 6.26 Å². The Labute approximate surface area is 128 Å². The van der Waals surface area contributed by atoms with Gasteiger partial charge in [-0.3, -0.25) is 0 Å². The molecule has 0 fully saturated rings. The third-order valence-corrected chi connectivity index (χ3v) is 4.19. The Bertz CT molecular complexity index is 751. The molecule has 2 N–H and O–H groups in total. The van der Waals surface area contributed by atoms with Crippen molar-refractivity contribution >= 4 is 22.7 Å². The van der Waals surface area contributed by atoms with Crippen LogP contribution >= 0.6 is 11.8 Å². The van der Waals surface area contributed by atoms with Crippen molar-refractivity contribution in [3.63, 3.8) is 0 Å². The quantitative estimate of drug-likeness (QED) is 0.718. The highest BCUT2D eigenvalue weighted by Gasteiger charge is 2.13. The summed E-state index contributed by atoms with van der Waals surface area (Å²) in [7, 11) is 0. The number of benzene rings is 2. The van der Waals surface area contributed by atoms with Crippen molar-refractivity contribution in [2.75, 3.05) is 6.26 Å². The number of hydrogen-bond donors (Lipinski definition) is 1. The normalized spacial score (nSPS) is 11.0. The second-order valence-electron chi connectivity index (χ2n) is 4.64. The minimum atomic E-state index is 0.388. The molecule has 3 nitrogen and oxygen atoms in total. The molecular formula is C17H17NO2S. The Morgan fingerprint density at radius 3 is 2.67 bits per heavy atom. The maximum absolute atomic E-state index is 5.92. The van der Waals surface area contributed by atoms with Crippen molar-refractivity contribution in [1.29, 1.82) is 0 Å². The van der Waals surface area contributed by atoms with Crippen LogP contribution in [0.25, 0.3) is 11.0 Å². The topological polar surface area (TPSA) is 48.4 Å². The zero-order valence-corrected chi connectivity index (χ0v) is 12.7. The molecule has 0 aliphatic heterocycles. The van der Waals surface area contributed by atoms with Gasteiger partial charge in [0.2, 0.25) is 0 Å². The van der Waals surface area contributed by atoms with Crippen LogP contribution in [0.15, 0.2) is 57.8 Å². The Morgan fingerprint density at radius 1 is 1.10 bits per heavy atom. The summed E-state index contributed by atoms with van der Waals surface area (Å²) in [5.41, 5.74) is 7.74. The highest BCUT2D eigenvalue weighted by atomic mass is 32.2. The molecule has 0 aliphatic rings. The molecular weight excluding hydrogens is 282 g/mol. The van der Waals surface area contributed by atoms with Crippen LogP contribution in [0.5, 0.6) is 5.75 Å². The van der Waals surface area contributed by atoms with Gasteiger partial charge in [-0.1, -0.05) is 30.3 Å². The molecule has 1 aromatic heterocycles. The third kappa shape index (κ3) is 2.77. The molecule has 0 aliphatic carbocycles. The van der Waals surface area contributed by atoms with Crippen molar-refractivity contribution in [2.24, 2.45) is 5.73 Å². The molecule has 0 unspecified atom stereocenters. The molecule has 0 spiro atoms. The lowest BCUT2D eigenvalue weighted by atomic mass is 10.1. The van der Waals surface area contributed by atoms with Crippen LogP contribution in [0, 0.1) is 0 Å². The predicted octanol–water partition coefficient (Wildman–Crippen LogP) is 4.19. The molecule has 0 saturated carbocycles. The van der Waals surface area contributed by atoms with Crippen LogP contribution in [0.3, 0.4) is 0 Å². The van der Waals surface area contributed by atoms with Crippen LogP contribution < -0.4 is 10.5 Å². The second kappa shape index (κ2) is 6.24. The SMILES string of the molecule is CSc1ccccc1OCc1oc2ccccc2c1CN. The summed E-state index contributed by atoms with van der Waals surface area (Å²) in [6.45, 7) is 0.832. The Morgan fingerprint density at radius 2 is 1.86 bits per heavy atom. The van der Waals surface area contributed by atoms with Crippen LogP contribution in [0.4, 0.5) is 0 Å². The van der Waals surface area contributed by atoms with Gasteiger partial charge in [0.25, 0.3) is 0 Å². The summed E-state index contributed by atoms with van der Waals surface area (Å²) in [6, 6.07) is 15.9. The zero-order valence-electron chi connectivity index (χ0n) is 11.8. The molecule has 2 aromatic carbocycles. The van der Waals surface area contributed by atoms with Gasteiger partial charge in [-0.15, -0.1) is 11.8 Å². The first-order valence-corrected chi connectivity index (χ1v) is 8.01. The zero-order chi connectivity index (χ0) is 14.7. The lowest BCUT2D eigenvalue weighted by Crippen LogP contribution is -2.02. The minimum absolute atomic E-state index is 0.388. The Balaban J connectivity index is 1.88. The average Bonchev–Trinajstić information content (AvgIpc) is 2.90. The molecule has 0 amide bonds. The number of thioether (sulfide) groups is 1. The van der Waals surface area contributed by atoms with E-state index in [2.05, 4.69) is 0 Å². The van der Waals surface area contributed by atoms with Crippen LogP contribution in [0.2, 0.25) is 0 Å². The van der Waals surface area contributed by atoms with Gasteiger partial charge in [0, 0.05) is 22.4 Å². The van der Waals surface area contributed by atoms with Crippen molar-refractivity contribution in [1.82, 2.24) is 0 Å². The first-order valence-electron chi connectivity index (χ1n) is 6.78. The molecule has 0 bridgehead atoms. The summed E-state index contributed by atoms with van der Waals surface area (Å²) in [4.78, 5) is 1.11. The molecule has 108 valence electrons. The summed E-state index contributed by atoms with van der Waals surface area (Å²) in [6.07, 6.45) is 2.04. The summed E-state index contributed by atoms with van der Waals surface area (Å²) < 4.78 is 11.8. The van der Waals surface area contributed by atoms with Crippen molar-refractivity contribution in [3.05, 3.63) is 59.9 Å². The van der Waals surface area contributed by atoms with Gasteiger partial charge >= 0.3 is 0 Å². The fourth-order valence-electron chi connectivity index (χ4n) is 2.37. The summed E-state index contributed by atoms with van der Waals surface area (Å²) in [5, 5.41) is 1.07. The molecule has 0 atom stereocenters. The van der Waals surface area contributed by atoms with Gasteiger partial charge in [-0.2, -0.15) is 0 Å². The van der Waals surface area contributed by atoms with Gasteiger partial charge in [0.05, 0.1) is 0 Å². The smallest absolute Gasteiger partial charge is 0.147 e. The molecule has 4 heteroatoms. The van der Waals surface area contributed by atoms with Crippen LogP contribution in [0.1, 0.15) is 11.3 Å². The molecule has 3 rings (SSSR count). The van der Waals surface area contributed by atoms with Crippen molar-refractivity contribution in [2.45, 2.75) is 18.0 Å². The fourth-order valence-corrected chi connectivity index (χ4v) is 2.91. The number of hydrogen-bond acceptors (Lipinski definition) is 4. The van der Waals surface area contributed by atoms with E-state index in [0.29, 0.717) is 13.2 Å². The van der Waals surface area contributed by atoms with E-state index in [4.69, 9.17) is 14.9 Å². The molecule has 3 aromatic rings. The highest BCUT2D eigenvalue weighted by molar-refractivity contribution is 7.98. The van der Waals surface area contributed by atoms with E-state index < -0.39 is 0 Å². The molecule has 21 heavy (non-hydrogen) atoms. The fraction of sp³-hybridized carbons (Fsp3) is 0.176. The van der Waals surface area contributed by atoms with Gasteiger partial charge in [0.15, 0.2) is 0 Å². The van der Waals surface area contributed by atoms with Gasteiger partial charge in [-0.05, 0) is 24.5 Å². The number of rotatable bonds is 5. The van der Waals surface area contributed by atoms with E-state index in [-0.39, 0.29) is 0 Å². The first-order chi connectivity index (χ1) is 10.3. The summed E-state index contributed by atoms with van der Waals surface area (Å²) in [5.74, 6) is 1.67. The van der Waals surface area contributed by atoms with E-state index in [1.165, 1.54) is 0 Å². The molecule has 0 saturated heterocycles. The van der Waals surface area contributed by atoms with Gasteiger partial charge in [-0.25, -0.2) is 0 Å². The Hall–Kier alpha value is -1.91. The number of nitrogens with two attached hydrogens (primary N) is 1. The van der Waals surface area contributed by atoms with Crippen LogP contribution in [-0.2, 0) is 13.2 Å². The van der Waals surface area contributed by atoms with Gasteiger partial charge in [0.1, 0.15) is 23.7 Å². The maximum Gasteiger partial charge on any atom is 0.147 e. The number of furan rings is 1. The van der Waals surface area contributed by atoms with Crippen molar-refractivity contribution < 1.29 is 9.15 Å². The van der Waals surface area contributed by atoms with E-state index >= 15 is 0 Å². The third-order valence-electron chi connectivity index (χ3n) is 3.41. The monoisotopic (exact) mass is 299 g/mol. The number of ether oxygens (including phenoxy) is 1. The number of para-hydroxylation sites is 2.